The van der Waals surface area contributed by atoms with Crippen molar-refractivity contribution in [2.24, 2.45) is 0 Å². The van der Waals surface area contributed by atoms with Crippen LogP contribution in [0.4, 0.5) is 19.1 Å². The number of morpholine rings is 1. The van der Waals surface area contributed by atoms with Gasteiger partial charge in [0.15, 0.2) is 11.6 Å². The largest absolute Gasteiger partial charge is 0.378 e. The standard InChI is InChI=1S/C19H21F3N4O2/c20-14-10-16(22)15(21)9-12(14)11-25-3-1-13-17(2-4-25)23-19(24-18(13)27)26-5-7-28-8-6-26/h9-10H,1-8,11H2,(H,23,24,27). The molecule has 2 aliphatic heterocycles. The van der Waals surface area contributed by atoms with Gasteiger partial charge in [0.1, 0.15) is 5.82 Å². The summed E-state index contributed by atoms with van der Waals surface area (Å²) in [5.41, 5.74) is 1.30. The van der Waals surface area contributed by atoms with Gasteiger partial charge in [-0.15, -0.1) is 0 Å². The Morgan fingerprint density at radius 1 is 1.00 bits per heavy atom. The number of benzene rings is 1. The molecule has 0 amide bonds. The van der Waals surface area contributed by atoms with Gasteiger partial charge < -0.3 is 9.64 Å². The quantitative estimate of drug-likeness (QED) is 0.802. The van der Waals surface area contributed by atoms with Crippen LogP contribution in [0.2, 0.25) is 0 Å². The monoisotopic (exact) mass is 394 g/mol. The summed E-state index contributed by atoms with van der Waals surface area (Å²) in [6.45, 7) is 3.72. The van der Waals surface area contributed by atoms with Gasteiger partial charge in [-0.05, 0) is 12.5 Å². The number of hydrogen-bond donors (Lipinski definition) is 1. The van der Waals surface area contributed by atoms with Gasteiger partial charge in [0.05, 0.1) is 18.9 Å². The number of H-pyrrole nitrogens is 1. The molecule has 0 bridgehead atoms. The van der Waals surface area contributed by atoms with Gasteiger partial charge in [-0.25, -0.2) is 18.2 Å². The van der Waals surface area contributed by atoms with Gasteiger partial charge in [-0.1, -0.05) is 0 Å². The SMILES string of the molecule is O=c1[nH]c(N2CCOCC2)nc2c1CCN(Cc1cc(F)c(F)cc1F)CC2. The smallest absolute Gasteiger partial charge is 0.255 e. The Bertz CT molecular complexity index is 928. The topological polar surface area (TPSA) is 61.5 Å². The van der Waals surface area contributed by atoms with Crippen molar-refractivity contribution in [3.8, 4) is 0 Å². The highest BCUT2D eigenvalue weighted by Gasteiger charge is 2.22. The van der Waals surface area contributed by atoms with Crippen LogP contribution in [0.3, 0.4) is 0 Å². The zero-order valence-corrected chi connectivity index (χ0v) is 15.3. The summed E-state index contributed by atoms with van der Waals surface area (Å²) in [5.74, 6) is -2.49. The van der Waals surface area contributed by atoms with E-state index in [1.165, 1.54) is 0 Å². The average molecular weight is 394 g/mol. The maximum Gasteiger partial charge on any atom is 0.255 e. The van der Waals surface area contributed by atoms with Crippen molar-refractivity contribution in [3.63, 3.8) is 0 Å². The number of nitrogens with zero attached hydrogens (tertiary/aromatic N) is 3. The van der Waals surface area contributed by atoms with Gasteiger partial charge >= 0.3 is 0 Å². The Balaban J connectivity index is 1.51. The fourth-order valence-corrected chi connectivity index (χ4v) is 3.65. The first-order chi connectivity index (χ1) is 13.5. The first kappa shape index (κ1) is 18.9. The summed E-state index contributed by atoms with van der Waals surface area (Å²) in [4.78, 5) is 24.0. The minimum atomic E-state index is -1.20. The summed E-state index contributed by atoms with van der Waals surface area (Å²) in [5, 5.41) is 0. The van der Waals surface area contributed by atoms with Crippen LogP contribution in [0.1, 0.15) is 16.8 Å². The minimum absolute atomic E-state index is 0.0979. The number of hydrogen-bond acceptors (Lipinski definition) is 5. The second-order valence-electron chi connectivity index (χ2n) is 7.05. The van der Waals surface area contributed by atoms with Crippen molar-refractivity contribution >= 4 is 5.95 Å². The molecule has 1 aromatic carbocycles. The third kappa shape index (κ3) is 3.90. The first-order valence-corrected chi connectivity index (χ1v) is 9.32. The molecule has 0 unspecified atom stereocenters. The zero-order chi connectivity index (χ0) is 19.7. The molecule has 9 heteroatoms. The molecule has 2 aromatic rings. The molecule has 2 aliphatic rings. The van der Waals surface area contributed by atoms with Crippen molar-refractivity contribution in [1.29, 1.82) is 0 Å². The zero-order valence-electron chi connectivity index (χ0n) is 15.3. The molecule has 0 aliphatic carbocycles. The lowest BCUT2D eigenvalue weighted by atomic mass is 10.1. The molecule has 1 aromatic heterocycles. The average Bonchev–Trinajstić information content (AvgIpc) is 2.89. The van der Waals surface area contributed by atoms with Gasteiger partial charge in [-0.3, -0.25) is 14.7 Å². The van der Waals surface area contributed by atoms with Crippen LogP contribution in [0.15, 0.2) is 16.9 Å². The van der Waals surface area contributed by atoms with E-state index in [9.17, 15) is 18.0 Å². The van der Waals surface area contributed by atoms with Crippen LogP contribution in [-0.2, 0) is 24.1 Å². The van der Waals surface area contributed by atoms with Crippen LogP contribution < -0.4 is 10.5 Å². The molecule has 0 atom stereocenters. The molecule has 4 rings (SSSR count). The molecule has 1 N–H and O–H groups in total. The lowest BCUT2D eigenvalue weighted by Crippen LogP contribution is -2.38. The normalized spacial score (nSPS) is 18.0. The first-order valence-electron chi connectivity index (χ1n) is 9.32. The summed E-state index contributed by atoms with van der Waals surface area (Å²) >= 11 is 0. The molecule has 0 radical (unpaired) electrons. The molecule has 28 heavy (non-hydrogen) atoms. The summed E-state index contributed by atoms with van der Waals surface area (Å²) in [6.07, 6.45) is 0.994. The Morgan fingerprint density at radius 3 is 2.50 bits per heavy atom. The second-order valence-corrected chi connectivity index (χ2v) is 7.05. The third-order valence-corrected chi connectivity index (χ3v) is 5.23. The fourth-order valence-electron chi connectivity index (χ4n) is 3.65. The van der Waals surface area contributed by atoms with Crippen LogP contribution in [0.5, 0.6) is 0 Å². The van der Waals surface area contributed by atoms with E-state index in [2.05, 4.69) is 9.97 Å². The Morgan fingerprint density at radius 2 is 1.71 bits per heavy atom. The summed E-state index contributed by atoms with van der Waals surface area (Å²) in [7, 11) is 0. The number of aromatic amines is 1. The molecular weight excluding hydrogens is 373 g/mol. The van der Waals surface area contributed by atoms with Crippen LogP contribution in [-0.4, -0.2) is 54.3 Å². The van der Waals surface area contributed by atoms with Crippen molar-refractivity contribution in [2.45, 2.75) is 19.4 Å². The molecule has 150 valence electrons. The molecular formula is C19H21F3N4O2. The van der Waals surface area contributed by atoms with Crippen molar-refractivity contribution < 1.29 is 17.9 Å². The van der Waals surface area contributed by atoms with Gasteiger partial charge in [-0.2, -0.15) is 0 Å². The van der Waals surface area contributed by atoms with E-state index < -0.39 is 17.5 Å². The number of fused-ring (bicyclic) bond motifs is 1. The Hall–Kier alpha value is -2.39. The maximum atomic E-state index is 14.0. The predicted molar refractivity (Wildman–Crippen MR) is 96.9 cm³/mol. The van der Waals surface area contributed by atoms with Crippen LogP contribution >= 0.6 is 0 Å². The van der Waals surface area contributed by atoms with E-state index in [0.29, 0.717) is 69.8 Å². The van der Waals surface area contributed by atoms with Crippen molar-refractivity contribution in [3.05, 3.63) is 56.8 Å². The minimum Gasteiger partial charge on any atom is -0.378 e. The number of halogens is 3. The van der Waals surface area contributed by atoms with E-state index in [-0.39, 0.29) is 17.7 Å². The lowest BCUT2D eigenvalue weighted by Gasteiger charge is -2.27. The van der Waals surface area contributed by atoms with Gasteiger partial charge in [0.25, 0.3) is 5.56 Å². The molecule has 0 saturated carbocycles. The number of rotatable bonds is 3. The number of nitrogens with one attached hydrogen (secondary N) is 1. The second kappa shape index (κ2) is 7.92. The number of aromatic nitrogens is 2. The van der Waals surface area contributed by atoms with Gasteiger partial charge in [0.2, 0.25) is 5.95 Å². The summed E-state index contributed by atoms with van der Waals surface area (Å²) in [6, 6.07) is 1.46. The molecule has 3 heterocycles. The Kier molecular flexibility index (Phi) is 5.36. The maximum absolute atomic E-state index is 14.0. The number of ether oxygens (including phenoxy) is 1. The molecule has 1 fully saturated rings. The highest BCUT2D eigenvalue weighted by molar-refractivity contribution is 5.34. The van der Waals surface area contributed by atoms with E-state index >= 15 is 0 Å². The van der Waals surface area contributed by atoms with Crippen LogP contribution in [0, 0.1) is 17.5 Å². The van der Waals surface area contributed by atoms with E-state index in [0.717, 1.165) is 11.8 Å². The van der Waals surface area contributed by atoms with Crippen LogP contribution in [0.25, 0.3) is 0 Å². The number of anilines is 1. The van der Waals surface area contributed by atoms with E-state index in [1.54, 1.807) is 0 Å². The summed E-state index contributed by atoms with van der Waals surface area (Å²) < 4.78 is 45.9. The Labute approximate surface area is 159 Å². The fraction of sp³-hybridized carbons (Fsp3) is 0.474. The van der Waals surface area contributed by atoms with Crippen molar-refractivity contribution in [1.82, 2.24) is 14.9 Å². The predicted octanol–water partition coefficient (Wildman–Crippen LogP) is 1.62. The highest BCUT2D eigenvalue weighted by Crippen LogP contribution is 2.19. The third-order valence-electron chi connectivity index (χ3n) is 5.23. The van der Waals surface area contributed by atoms with Crippen molar-refractivity contribution in [2.75, 3.05) is 44.3 Å². The van der Waals surface area contributed by atoms with E-state index in [4.69, 9.17) is 4.74 Å². The van der Waals surface area contributed by atoms with Gasteiger partial charge in [0, 0.05) is 56.3 Å². The molecule has 6 nitrogen and oxygen atoms in total. The molecule has 0 spiro atoms. The lowest BCUT2D eigenvalue weighted by molar-refractivity contribution is 0.122. The van der Waals surface area contributed by atoms with E-state index in [1.807, 2.05) is 9.80 Å². The highest BCUT2D eigenvalue weighted by atomic mass is 19.2. The molecule has 1 saturated heterocycles.